The first-order valence-electron chi connectivity index (χ1n) is 5.63. The summed E-state index contributed by atoms with van der Waals surface area (Å²) in [5.41, 5.74) is 5.96. The summed E-state index contributed by atoms with van der Waals surface area (Å²) in [6, 6.07) is 0. The molecule has 3 N–H and O–H groups in total. The highest BCUT2D eigenvalue weighted by molar-refractivity contribution is 7.91. The maximum atomic E-state index is 12.0. The van der Waals surface area contributed by atoms with Crippen LogP contribution in [0.4, 0.5) is 5.13 Å². The average molecular weight is 277 g/mol. The Morgan fingerprint density at radius 3 is 2.41 bits per heavy atom. The lowest BCUT2D eigenvalue weighted by molar-refractivity contribution is 0.479. The quantitative estimate of drug-likeness (QED) is 0.829. The number of anilines is 1. The molecule has 1 rings (SSSR count). The zero-order valence-electron chi connectivity index (χ0n) is 10.4. The van der Waals surface area contributed by atoms with Crippen LogP contribution in [0, 0.1) is 12.8 Å². The van der Waals surface area contributed by atoms with E-state index in [0.29, 0.717) is 18.2 Å². The Kier molecular flexibility index (Phi) is 4.91. The van der Waals surface area contributed by atoms with Crippen LogP contribution in [0.5, 0.6) is 0 Å². The van der Waals surface area contributed by atoms with Gasteiger partial charge in [0.15, 0.2) is 9.34 Å². The smallest absolute Gasteiger partial charge is 0.252 e. The molecule has 0 unspecified atom stereocenters. The van der Waals surface area contributed by atoms with Gasteiger partial charge in [-0.05, 0) is 12.8 Å². The van der Waals surface area contributed by atoms with Crippen LogP contribution in [0.15, 0.2) is 4.21 Å². The molecule has 1 aromatic heterocycles. The van der Waals surface area contributed by atoms with Gasteiger partial charge in [-0.3, -0.25) is 0 Å². The van der Waals surface area contributed by atoms with E-state index in [4.69, 9.17) is 5.73 Å². The summed E-state index contributed by atoms with van der Waals surface area (Å²) in [5.74, 6) is 0.371. The summed E-state index contributed by atoms with van der Waals surface area (Å²) < 4.78 is 26.9. The Morgan fingerprint density at radius 1 is 1.41 bits per heavy atom. The lowest BCUT2D eigenvalue weighted by Gasteiger charge is -2.12. The van der Waals surface area contributed by atoms with E-state index in [0.717, 1.165) is 24.2 Å². The third-order valence-corrected chi connectivity index (χ3v) is 5.75. The molecule has 0 aliphatic rings. The van der Waals surface area contributed by atoms with Crippen molar-refractivity contribution in [1.82, 2.24) is 9.71 Å². The number of aryl methyl sites for hydroxylation is 1. The SMILES string of the molecule is CCC(CC)CNS(=O)(=O)c1sc(N)nc1C. The topological polar surface area (TPSA) is 85.1 Å². The van der Waals surface area contributed by atoms with Gasteiger partial charge < -0.3 is 5.73 Å². The van der Waals surface area contributed by atoms with Crippen molar-refractivity contribution in [2.75, 3.05) is 12.3 Å². The van der Waals surface area contributed by atoms with Crippen molar-refractivity contribution in [1.29, 1.82) is 0 Å². The summed E-state index contributed by atoms with van der Waals surface area (Å²) >= 11 is 1.00. The minimum absolute atomic E-state index is 0.223. The molecule has 0 bridgehead atoms. The number of nitrogen functional groups attached to an aromatic ring is 1. The van der Waals surface area contributed by atoms with Crippen LogP contribution in [0.1, 0.15) is 32.4 Å². The van der Waals surface area contributed by atoms with Gasteiger partial charge in [-0.1, -0.05) is 38.0 Å². The van der Waals surface area contributed by atoms with Gasteiger partial charge in [-0.25, -0.2) is 18.1 Å². The number of nitrogens with one attached hydrogen (secondary N) is 1. The van der Waals surface area contributed by atoms with Gasteiger partial charge >= 0.3 is 0 Å². The average Bonchev–Trinajstić information content (AvgIpc) is 2.60. The molecule has 1 aromatic rings. The first-order valence-corrected chi connectivity index (χ1v) is 7.93. The highest BCUT2D eigenvalue weighted by atomic mass is 32.2. The van der Waals surface area contributed by atoms with Crippen LogP contribution in [0.25, 0.3) is 0 Å². The largest absolute Gasteiger partial charge is 0.375 e. The number of nitrogens with two attached hydrogens (primary N) is 1. The number of hydrogen-bond donors (Lipinski definition) is 2. The summed E-state index contributed by atoms with van der Waals surface area (Å²) in [5, 5.41) is 0.283. The molecule has 98 valence electrons. The summed E-state index contributed by atoms with van der Waals surface area (Å²) in [6.45, 7) is 6.22. The predicted octanol–water partition coefficient (Wildman–Crippen LogP) is 1.75. The van der Waals surface area contributed by atoms with Gasteiger partial charge in [0.25, 0.3) is 10.0 Å². The molecule has 0 aromatic carbocycles. The molecule has 0 radical (unpaired) electrons. The zero-order chi connectivity index (χ0) is 13.1. The van der Waals surface area contributed by atoms with Gasteiger partial charge in [-0.2, -0.15) is 0 Å². The molecule has 0 atom stereocenters. The molecule has 0 aliphatic carbocycles. The Bertz CT molecular complexity index is 464. The van der Waals surface area contributed by atoms with Gasteiger partial charge in [0.2, 0.25) is 0 Å². The van der Waals surface area contributed by atoms with E-state index in [1.807, 2.05) is 0 Å². The molecule has 7 heteroatoms. The lowest BCUT2D eigenvalue weighted by atomic mass is 10.0. The highest BCUT2D eigenvalue weighted by Gasteiger charge is 2.21. The van der Waals surface area contributed by atoms with Gasteiger partial charge in [0, 0.05) is 6.54 Å². The van der Waals surface area contributed by atoms with E-state index >= 15 is 0 Å². The minimum Gasteiger partial charge on any atom is -0.375 e. The van der Waals surface area contributed by atoms with Crippen molar-refractivity contribution in [2.24, 2.45) is 5.92 Å². The minimum atomic E-state index is -3.46. The number of rotatable bonds is 6. The van der Waals surface area contributed by atoms with E-state index in [9.17, 15) is 8.42 Å². The fourth-order valence-electron chi connectivity index (χ4n) is 1.52. The second-order valence-electron chi connectivity index (χ2n) is 3.96. The molecule has 0 fully saturated rings. The van der Waals surface area contributed by atoms with Crippen molar-refractivity contribution in [3.63, 3.8) is 0 Å². The molecule has 0 amide bonds. The standard InChI is InChI=1S/C10H19N3O2S2/c1-4-8(5-2)6-12-17(14,15)9-7(3)13-10(11)16-9/h8,12H,4-6H2,1-3H3,(H2,11,13). The van der Waals surface area contributed by atoms with Crippen LogP contribution in [0.3, 0.4) is 0 Å². The molecular weight excluding hydrogens is 258 g/mol. The van der Waals surface area contributed by atoms with Crippen molar-refractivity contribution < 1.29 is 8.42 Å². The molecular formula is C10H19N3O2S2. The molecule has 0 saturated heterocycles. The molecule has 1 heterocycles. The van der Waals surface area contributed by atoms with Crippen molar-refractivity contribution >= 4 is 26.5 Å². The summed E-state index contributed by atoms with van der Waals surface area (Å²) in [7, 11) is -3.46. The normalized spacial score (nSPS) is 12.2. The maximum absolute atomic E-state index is 12.0. The number of thiazole rings is 1. The van der Waals surface area contributed by atoms with Crippen LogP contribution in [-0.4, -0.2) is 19.9 Å². The fraction of sp³-hybridized carbons (Fsp3) is 0.700. The van der Waals surface area contributed by atoms with Crippen LogP contribution in [-0.2, 0) is 10.0 Å². The van der Waals surface area contributed by atoms with Crippen molar-refractivity contribution in [2.45, 2.75) is 37.8 Å². The fourth-order valence-corrected chi connectivity index (χ4v) is 3.98. The first kappa shape index (κ1) is 14.4. The zero-order valence-corrected chi connectivity index (χ0v) is 12.0. The second-order valence-corrected chi connectivity index (χ2v) is 6.95. The van der Waals surface area contributed by atoms with Gasteiger partial charge in [-0.15, -0.1) is 0 Å². The monoisotopic (exact) mass is 277 g/mol. The maximum Gasteiger partial charge on any atom is 0.252 e. The van der Waals surface area contributed by atoms with E-state index in [-0.39, 0.29) is 9.34 Å². The molecule has 5 nitrogen and oxygen atoms in total. The van der Waals surface area contributed by atoms with E-state index in [1.165, 1.54) is 0 Å². The van der Waals surface area contributed by atoms with Crippen molar-refractivity contribution in [3.05, 3.63) is 5.69 Å². The predicted molar refractivity (Wildman–Crippen MR) is 70.5 cm³/mol. The summed E-state index contributed by atoms with van der Waals surface area (Å²) in [6.07, 6.45) is 1.92. The van der Waals surface area contributed by atoms with Gasteiger partial charge in [0.1, 0.15) is 0 Å². The molecule has 17 heavy (non-hydrogen) atoms. The van der Waals surface area contributed by atoms with Crippen molar-refractivity contribution in [3.8, 4) is 0 Å². The number of sulfonamides is 1. The molecule has 0 aliphatic heterocycles. The first-order chi connectivity index (χ1) is 7.90. The van der Waals surface area contributed by atoms with Crippen LogP contribution >= 0.6 is 11.3 Å². The van der Waals surface area contributed by atoms with Crippen LogP contribution < -0.4 is 10.5 Å². The van der Waals surface area contributed by atoms with E-state index < -0.39 is 10.0 Å². The Morgan fingerprint density at radius 2 is 2.00 bits per heavy atom. The number of nitrogens with zero attached hydrogens (tertiary/aromatic N) is 1. The lowest BCUT2D eigenvalue weighted by Crippen LogP contribution is -2.29. The summed E-state index contributed by atoms with van der Waals surface area (Å²) in [4.78, 5) is 3.92. The Hall–Kier alpha value is -0.660. The Balaban J connectivity index is 2.79. The van der Waals surface area contributed by atoms with Gasteiger partial charge in [0.05, 0.1) is 5.69 Å². The number of aromatic nitrogens is 1. The Labute approximate surface area is 106 Å². The molecule has 0 spiro atoms. The number of hydrogen-bond acceptors (Lipinski definition) is 5. The van der Waals surface area contributed by atoms with E-state index in [2.05, 4.69) is 23.6 Å². The van der Waals surface area contributed by atoms with Crippen LogP contribution in [0.2, 0.25) is 0 Å². The second kappa shape index (κ2) is 5.79. The third-order valence-electron chi connectivity index (χ3n) is 2.73. The third kappa shape index (κ3) is 3.65. The van der Waals surface area contributed by atoms with E-state index in [1.54, 1.807) is 6.92 Å². The highest BCUT2D eigenvalue weighted by Crippen LogP contribution is 2.24. The molecule has 0 saturated carbocycles.